The van der Waals surface area contributed by atoms with Gasteiger partial charge in [-0.1, -0.05) is 16.8 Å². The van der Waals surface area contributed by atoms with Crippen molar-refractivity contribution in [2.24, 2.45) is 5.73 Å². The fourth-order valence-corrected chi connectivity index (χ4v) is 3.36. The molecule has 6 N–H and O–H groups in total. The lowest BCUT2D eigenvalue weighted by Crippen LogP contribution is -2.28. The maximum atomic E-state index is 13.2. The summed E-state index contributed by atoms with van der Waals surface area (Å²) in [5, 5.41) is 19.9. The zero-order valence-electron chi connectivity index (χ0n) is 19.3. The zero-order valence-corrected chi connectivity index (χ0v) is 20.1. The van der Waals surface area contributed by atoms with Crippen LogP contribution in [0, 0.1) is 0 Å². The maximum absolute atomic E-state index is 13.2. The van der Waals surface area contributed by atoms with Gasteiger partial charge in [-0.3, -0.25) is 10.1 Å². The first kappa shape index (κ1) is 24.6. The topological polar surface area (TPSA) is 152 Å². The van der Waals surface area contributed by atoms with Gasteiger partial charge in [0.15, 0.2) is 0 Å². The van der Waals surface area contributed by atoms with Crippen LogP contribution in [-0.4, -0.2) is 38.5 Å². The minimum Gasteiger partial charge on any atom is -0.355 e. The Hall–Kier alpha value is -4.48. The number of urea groups is 1. The predicted molar refractivity (Wildman–Crippen MR) is 139 cm³/mol. The maximum Gasteiger partial charge on any atom is 0.320 e. The van der Waals surface area contributed by atoms with E-state index < -0.39 is 6.03 Å². The van der Waals surface area contributed by atoms with E-state index in [1.807, 2.05) is 6.92 Å². The average Bonchev–Trinajstić information content (AvgIpc) is 3.36. The van der Waals surface area contributed by atoms with Gasteiger partial charge in [0.2, 0.25) is 0 Å². The van der Waals surface area contributed by atoms with Gasteiger partial charge in [0.1, 0.15) is 5.82 Å². The molecule has 3 amide bonds. The highest BCUT2D eigenvalue weighted by molar-refractivity contribution is 6.30. The number of hydrogen-bond acceptors (Lipinski definition) is 7. The van der Waals surface area contributed by atoms with Crippen LogP contribution in [0.25, 0.3) is 5.69 Å². The van der Waals surface area contributed by atoms with Crippen LogP contribution < -0.4 is 27.0 Å². The van der Waals surface area contributed by atoms with E-state index in [2.05, 4.69) is 36.6 Å². The number of amides is 3. The Morgan fingerprint density at radius 2 is 1.75 bits per heavy atom. The number of nitrogens with one attached hydrogen (secondary N) is 4. The largest absolute Gasteiger partial charge is 0.355 e. The molecule has 0 radical (unpaired) electrons. The van der Waals surface area contributed by atoms with Gasteiger partial charge in [-0.25, -0.2) is 14.5 Å². The number of nitrogens with two attached hydrogens (primary N) is 1. The Morgan fingerprint density at radius 1 is 1.03 bits per heavy atom. The predicted octanol–water partition coefficient (Wildman–Crippen LogP) is 3.91. The summed E-state index contributed by atoms with van der Waals surface area (Å²) < 4.78 is 1.60. The third kappa shape index (κ3) is 6.14. The number of carbonyl (C=O) groups excluding carboxylic acids is 2. The fourth-order valence-electron chi connectivity index (χ4n) is 3.23. The molecule has 184 valence electrons. The number of hydrogen-bond donors (Lipinski definition) is 5. The number of carbonyl (C=O) groups is 2. The molecule has 0 aliphatic carbocycles. The molecule has 4 rings (SSSR count). The summed E-state index contributed by atoms with van der Waals surface area (Å²) in [7, 11) is 0. The molecule has 0 spiro atoms. The van der Waals surface area contributed by atoms with Crippen LogP contribution in [0.15, 0.2) is 67.0 Å². The summed E-state index contributed by atoms with van der Waals surface area (Å²) in [6.45, 7) is 2.57. The fraction of sp³-hybridized carbons (Fsp3) is 0.125. The number of nitrogens with zero attached hydrogens (tertiary/aromatic N) is 4. The number of aromatic nitrogens is 4. The van der Waals surface area contributed by atoms with Gasteiger partial charge >= 0.3 is 6.03 Å². The summed E-state index contributed by atoms with van der Waals surface area (Å²) in [5.74, 6) is -0.106. The molecule has 12 heteroatoms. The van der Waals surface area contributed by atoms with Crippen molar-refractivity contribution in [2.45, 2.75) is 13.5 Å². The third-order valence-electron chi connectivity index (χ3n) is 4.99. The molecular formula is C24H24ClN9O2. The number of benzene rings is 2. The summed E-state index contributed by atoms with van der Waals surface area (Å²) in [5.41, 5.74) is 9.04. The molecule has 0 unspecified atom stereocenters. The van der Waals surface area contributed by atoms with E-state index in [1.165, 1.54) is 6.20 Å². The SMILES string of the molecule is CCNC(=O)Nc1cc(Nc2ccc(Cl)cc2)c(C(=O)Nc2ccc(-n3cc(CN)nn3)cc2)cn1. The number of pyridine rings is 1. The number of halogens is 1. The van der Waals surface area contributed by atoms with Crippen LogP contribution in [0.3, 0.4) is 0 Å². The Balaban J connectivity index is 1.55. The van der Waals surface area contributed by atoms with Gasteiger partial charge in [-0.05, 0) is 55.5 Å². The second-order valence-corrected chi connectivity index (χ2v) is 8.03. The summed E-state index contributed by atoms with van der Waals surface area (Å²) >= 11 is 5.99. The Morgan fingerprint density at radius 3 is 2.42 bits per heavy atom. The smallest absolute Gasteiger partial charge is 0.320 e. The van der Waals surface area contributed by atoms with E-state index in [4.69, 9.17) is 17.3 Å². The molecule has 0 saturated heterocycles. The Bertz CT molecular complexity index is 1360. The van der Waals surface area contributed by atoms with Gasteiger partial charge in [0, 0.05) is 41.8 Å². The van der Waals surface area contributed by atoms with E-state index in [-0.39, 0.29) is 17.3 Å². The minimum absolute atomic E-state index is 0.277. The molecule has 0 bridgehead atoms. The van der Waals surface area contributed by atoms with Crippen molar-refractivity contribution in [2.75, 3.05) is 22.5 Å². The highest BCUT2D eigenvalue weighted by Crippen LogP contribution is 2.25. The monoisotopic (exact) mass is 505 g/mol. The lowest BCUT2D eigenvalue weighted by molar-refractivity contribution is 0.102. The van der Waals surface area contributed by atoms with Crippen molar-refractivity contribution in [3.8, 4) is 5.69 Å². The van der Waals surface area contributed by atoms with Gasteiger partial charge in [-0.2, -0.15) is 0 Å². The van der Waals surface area contributed by atoms with E-state index in [0.29, 0.717) is 40.9 Å². The van der Waals surface area contributed by atoms with Crippen molar-refractivity contribution in [3.05, 3.63) is 83.3 Å². The molecule has 0 aliphatic rings. The van der Waals surface area contributed by atoms with E-state index >= 15 is 0 Å². The Kier molecular flexibility index (Phi) is 7.73. The lowest BCUT2D eigenvalue weighted by atomic mass is 10.2. The minimum atomic E-state index is -0.398. The van der Waals surface area contributed by atoms with Crippen LogP contribution in [0.1, 0.15) is 23.0 Å². The first-order valence-corrected chi connectivity index (χ1v) is 11.4. The van der Waals surface area contributed by atoms with Crippen molar-refractivity contribution in [1.29, 1.82) is 0 Å². The second kappa shape index (κ2) is 11.3. The van der Waals surface area contributed by atoms with Crippen LogP contribution >= 0.6 is 11.6 Å². The highest BCUT2D eigenvalue weighted by Gasteiger charge is 2.15. The summed E-state index contributed by atoms with van der Waals surface area (Å²) in [6, 6.07) is 15.3. The van der Waals surface area contributed by atoms with Crippen LogP contribution in [0.5, 0.6) is 0 Å². The van der Waals surface area contributed by atoms with Crippen molar-refractivity contribution >= 4 is 46.4 Å². The second-order valence-electron chi connectivity index (χ2n) is 7.59. The molecule has 2 aromatic carbocycles. The molecular weight excluding hydrogens is 482 g/mol. The third-order valence-corrected chi connectivity index (χ3v) is 5.24. The van der Waals surface area contributed by atoms with Gasteiger partial charge < -0.3 is 21.7 Å². The van der Waals surface area contributed by atoms with E-state index in [9.17, 15) is 9.59 Å². The average molecular weight is 506 g/mol. The van der Waals surface area contributed by atoms with Crippen LogP contribution in [-0.2, 0) is 6.54 Å². The standard InChI is InChI=1S/C24H24ClN9O2/c1-2-27-24(36)31-22-11-21(29-16-5-3-15(25)4-6-16)20(13-28-22)23(35)30-17-7-9-19(10-8-17)34-14-18(12-26)32-33-34/h3-11,13-14H,2,12,26H2,1H3,(H,30,35)(H3,27,28,29,31,36). The van der Waals surface area contributed by atoms with Crippen molar-refractivity contribution in [3.63, 3.8) is 0 Å². The molecule has 0 saturated carbocycles. The summed E-state index contributed by atoms with van der Waals surface area (Å²) in [4.78, 5) is 29.3. The summed E-state index contributed by atoms with van der Waals surface area (Å²) in [6.07, 6.45) is 3.14. The molecule has 11 nitrogen and oxygen atoms in total. The molecule has 0 atom stereocenters. The molecule has 36 heavy (non-hydrogen) atoms. The molecule has 2 heterocycles. The zero-order chi connectivity index (χ0) is 25.5. The number of anilines is 4. The normalized spacial score (nSPS) is 10.5. The number of rotatable bonds is 8. The first-order chi connectivity index (χ1) is 17.4. The van der Waals surface area contributed by atoms with E-state index in [1.54, 1.807) is 65.5 Å². The Labute approximate surface area is 212 Å². The van der Waals surface area contributed by atoms with E-state index in [0.717, 1.165) is 5.69 Å². The molecule has 0 aliphatic heterocycles. The van der Waals surface area contributed by atoms with Gasteiger partial charge in [0.05, 0.1) is 28.8 Å². The first-order valence-electron chi connectivity index (χ1n) is 11.1. The molecule has 2 aromatic heterocycles. The quantitative estimate of drug-likeness (QED) is 0.243. The van der Waals surface area contributed by atoms with Gasteiger partial charge in [-0.15, -0.1) is 5.10 Å². The highest BCUT2D eigenvalue weighted by atomic mass is 35.5. The molecule has 0 fully saturated rings. The molecule has 4 aromatic rings. The van der Waals surface area contributed by atoms with Crippen LogP contribution in [0.4, 0.5) is 27.7 Å². The van der Waals surface area contributed by atoms with Gasteiger partial charge in [0.25, 0.3) is 5.91 Å². The lowest BCUT2D eigenvalue weighted by Gasteiger charge is -2.14. The van der Waals surface area contributed by atoms with Crippen LogP contribution in [0.2, 0.25) is 5.02 Å². The van der Waals surface area contributed by atoms with Crippen molar-refractivity contribution in [1.82, 2.24) is 25.3 Å². The van der Waals surface area contributed by atoms with Crippen molar-refractivity contribution < 1.29 is 9.59 Å².